The second-order valence-corrected chi connectivity index (χ2v) is 13.4. The lowest BCUT2D eigenvalue weighted by molar-refractivity contribution is -0.159. The number of nitrogens with one attached hydrogen (secondary N) is 2. The maximum absolute atomic E-state index is 14.5. The summed E-state index contributed by atoms with van der Waals surface area (Å²) in [4.78, 5) is 56.1. The Labute approximate surface area is 274 Å². The molecule has 2 rings (SSSR count). The average molecular weight is 634 g/mol. The smallest absolute Gasteiger partial charge is 0.408 e. The molecule has 9 nitrogen and oxygen atoms in total. The standard InChI is InChI=1S/C37H51N3O6/c1-10-12-13-19-24-40(33(42)26(3)38-35(44)46-37(7,8)9)31(29-23-18-17-22-28(29)11-2)32(41)39-30(34(43)45-36(4,5)6)25-27-20-15-14-16-21-27/h2,14-18,20-23,26,30-31H,10,12-13,19,24-25H2,1,3-9H3,(H,38,44)(H,39,41). The molecule has 250 valence electrons. The van der Waals surface area contributed by atoms with Crippen molar-refractivity contribution in [2.75, 3.05) is 6.54 Å². The van der Waals surface area contributed by atoms with Gasteiger partial charge < -0.3 is 25.0 Å². The number of nitrogens with zero attached hydrogens (tertiary/aromatic N) is 1. The van der Waals surface area contributed by atoms with Crippen molar-refractivity contribution >= 4 is 23.9 Å². The minimum absolute atomic E-state index is 0.173. The van der Waals surface area contributed by atoms with Gasteiger partial charge in [0.05, 0.1) is 0 Å². The summed E-state index contributed by atoms with van der Waals surface area (Å²) in [7, 11) is 0. The number of benzene rings is 2. The van der Waals surface area contributed by atoms with Gasteiger partial charge in [0, 0.05) is 18.5 Å². The van der Waals surface area contributed by atoms with Crippen LogP contribution in [0.5, 0.6) is 0 Å². The van der Waals surface area contributed by atoms with Crippen LogP contribution in [0.4, 0.5) is 4.79 Å². The van der Waals surface area contributed by atoms with Crippen LogP contribution in [0, 0.1) is 12.3 Å². The first-order valence-electron chi connectivity index (χ1n) is 16.0. The highest BCUT2D eigenvalue weighted by molar-refractivity contribution is 5.94. The Hall–Kier alpha value is -4.32. The number of esters is 1. The molecule has 2 aromatic carbocycles. The number of hydrogen-bond acceptors (Lipinski definition) is 6. The number of hydrogen-bond donors (Lipinski definition) is 2. The average Bonchev–Trinajstić information content (AvgIpc) is 2.96. The summed E-state index contributed by atoms with van der Waals surface area (Å²) in [6.45, 7) is 14.3. The van der Waals surface area contributed by atoms with Gasteiger partial charge in [-0.1, -0.05) is 80.6 Å². The van der Waals surface area contributed by atoms with Crippen molar-refractivity contribution in [3.05, 3.63) is 71.3 Å². The van der Waals surface area contributed by atoms with E-state index < -0.39 is 53.2 Å². The summed E-state index contributed by atoms with van der Waals surface area (Å²) in [5.74, 6) is 0.945. The van der Waals surface area contributed by atoms with Gasteiger partial charge in [0.15, 0.2) is 0 Å². The zero-order valence-electron chi connectivity index (χ0n) is 28.6. The van der Waals surface area contributed by atoms with E-state index in [9.17, 15) is 19.2 Å². The minimum Gasteiger partial charge on any atom is -0.458 e. The Morgan fingerprint density at radius 1 is 0.848 bits per heavy atom. The third-order valence-corrected chi connectivity index (χ3v) is 6.90. The van der Waals surface area contributed by atoms with E-state index in [0.717, 1.165) is 24.8 Å². The van der Waals surface area contributed by atoms with Crippen LogP contribution in [-0.2, 0) is 30.3 Å². The fourth-order valence-electron chi connectivity index (χ4n) is 4.85. The van der Waals surface area contributed by atoms with E-state index in [1.807, 2.05) is 30.3 Å². The van der Waals surface area contributed by atoms with Gasteiger partial charge in [-0.3, -0.25) is 9.59 Å². The van der Waals surface area contributed by atoms with Crippen molar-refractivity contribution in [2.24, 2.45) is 0 Å². The van der Waals surface area contributed by atoms with E-state index in [4.69, 9.17) is 15.9 Å². The van der Waals surface area contributed by atoms with E-state index in [-0.39, 0.29) is 13.0 Å². The lowest BCUT2D eigenvalue weighted by atomic mass is 9.96. The molecule has 2 N–H and O–H groups in total. The molecule has 3 amide bonds. The van der Waals surface area contributed by atoms with Gasteiger partial charge in [-0.15, -0.1) is 6.42 Å². The van der Waals surface area contributed by atoms with Gasteiger partial charge in [-0.25, -0.2) is 9.59 Å². The molecule has 9 heteroatoms. The molecule has 0 saturated heterocycles. The predicted molar refractivity (Wildman–Crippen MR) is 180 cm³/mol. The van der Waals surface area contributed by atoms with Crippen molar-refractivity contribution in [3.63, 3.8) is 0 Å². The fourth-order valence-corrected chi connectivity index (χ4v) is 4.85. The highest BCUT2D eigenvalue weighted by atomic mass is 16.6. The van der Waals surface area contributed by atoms with Gasteiger partial charge in [0.25, 0.3) is 0 Å². The van der Waals surface area contributed by atoms with Gasteiger partial charge in [0.2, 0.25) is 11.8 Å². The third kappa shape index (κ3) is 12.6. The van der Waals surface area contributed by atoms with Gasteiger partial charge in [0.1, 0.15) is 29.3 Å². The largest absolute Gasteiger partial charge is 0.458 e. The monoisotopic (exact) mass is 633 g/mol. The summed E-state index contributed by atoms with van der Waals surface area (Å²) in [6, 6.07) is 12.9. The zero-order valence-corrected chi connectivity index (χ0v) is 28.6. The molecule has 0 radical (unpaired) electrons. The van der Waals surface area contributed by atoms with Crippen molar-refractivity contribution < 1.29 is 28.7 Å². The third-order valence-electron chi connectivity index (χ3n) is 6.90. The van der Waals surface area contributed by atoms with Crippen LogP contribution < -0.4 is 10.6 Å². The first-order valence-corrected chi connectivity index (χ1v) is 16.0. The Morgan fingerprint density at radius 2 is 1.46 bits per heavy atom. The first kappa shape index (κ1) is 37.9. The van der Waals surface area contributed by atoms with Crippen LogP contribution in [0.2, 0.25) is 0 Å². The summed E-state index contributed by atoms with van der Waals surface area (Å²) >= 11 is 0. The number of unbranched alkanes of at least 4 members (excludes halogenated alkanes) is 3. The normalized spacial score (nSPS) is 13.4. The number of ether oxygens (including phenoxy) is 2. The SMILES string of the molecule is C#Cc1ccccc1C(C(=O)NC(Cc1ccccc1)C(=O)OC(C)(C)C)N(CCCCCC)C(=O)C(C)NC(=O)OC(C)(C)C. The Morgan fingerprint density at radius 3 is 2.04 bits per heavy atom. The fraction of sp³-hybridized carbons (Fsp3) is 0.514. The molecule has 0 aliphatic carbocycles. The maximum Gasteiger partial charge on any atom is 0.408 e. The molecule has 0 aromatic heterocycles. The van der Waals surface area contributed by atoms with E-state index in [2.05, 4.69) is 23.5 Å². The maximum atomic E-state index is 14.5. The highest BCUT2D eigenvalue weighted by Gasteiger charge is 2.38. The number of carbonyl (C=O) groups excluding carboxylic acids is 4. The molecular weight excluding hydrogens is 582 g/mol. The first-order chi connectivity index (χ1) is 21.6. The Kier molecular flexibility index (Phi) is 14.3. The molecular formula is C37H51N3O6. The van der Waals surface area contributed by atoms with Crippen molar-refractivity contribution in [1.82, 2.24) is 15.5 Å². The number of carbonyl (C=O) groups is 4. The van der Waals surface area contributed by atoms with Crippen LogP contribution in [0.1, 0.15) is 104 Å². The van der Waals surface area contributed by atoms with Crippen LogP contribution in [0.3, 0.4) is 0 Å². The number of alkyl carbamates (subject to hydrolysis) is 1. The van der Waals surface area contributed by atoms with Crippen molar-refractivity contribution in [1.29, 1.82) is 0 Å². The van der Waals surface area contributed by atoms with Crippen LogP contribution in [0.15, 0.2) is 54.6 Å². The van der Waals surface area contributed by atoms with E-state index in [1.165, 1.54) is 4.90 Å². The van der Waals surface area contributed by atoms with Crippen LogP contribution in [0.25, 0.3) is 0 Å². The molecule has 0 bridgehead atoms. The summed E-state index contributed by atoms with van der Waals surface area (Å²) < 4.78 is 11.1. The molecule has 0 heterocycles. The Balaban J connectivity index is 2.59. The molecule has 3 unspecified atom stereocenters. The molecule has 2 aromatic rings. The second kappa shape index (κ2) is 17.4. The van der Waals surface area contributed by atoms with Crippen LogP contribution in [-0.4, -0.2) is 58.6 Å². The van der Waals surface area contributed by atoms with Crippen molar-refractivity contribution in [3.8, 4) is 12.3 Å². The van der Waals surface area contributed by atoms with E-state index >= 15 is 0 Å². The van der Waals surface area contributed by atoms with Gasteiger partial charge in [-0.2, -0.15) is 0 Å². The molecule has 0 aliphatic heterocycles. The number of terminal acetylenes is 1. The van der Waals surface area contributed by atoms with Gasteiger partial charge in [-0.05, 0) is 72.1 Å². The molecule has 0 aliphatic rings. The van der Waals surface area contributed by atoms with E-state index in [0.29, 0.717) is 17.5 Å². The second-order valence-electron chi connectivity index (χ2n) is 13.4. The highest BCUT2D eigenvalue weighted by Crippen LogP contribution is 2.27. The Bertz CT molecular complexity index is 1350. The molecule has 46 heavy (non-hydrogen) atoms. The molecule has 3 atom stereocenters. The molecule has 0 fully saturated rings. The summed E-state index contributed by atoms with van der Waals surface area (Å²) in [5.41, 5.74) is 0.117. The molecule has 0 spiro atoms. The minimum atomic E-state index is -1.20. The quantitative estimate of drug-likeness (QED) is 0.148. The molecule has 0 saturated carbocycles. The zero-order chi connectivity index (χ0) is 34.5. The van der Waals surface area contributed by atoms with Crippen LogP contribution >= 0.6 is 0 Å². The predicted octanol–water partition coefficient (Wildman–Crippen LogP) is 6.10. The van der Waals surface area contributed by atoms with Crippen molar-refractivity contribution in [2.45, 2.75) is 117 Å². The lowest BCUT2D eigenvalue weighted by Crippen LogP contribution is -2.54. The van der Waals surface area contributed by atoms with E-state index in [1.54, 1.807) is 72.7 Å². The topological polar surface area (TPSA) is 114 Å². The summed E-state index contributed by atoms with van der Waals surface area (Å²) in [5, 5.41) is 5.51. The lowest BCUT2D eigenvalue weighted by Gasteiger charge is -2.35. The van der Waals surface area contributed by atoms with Gasteiger partial charge >= 0.3 is 12.1 Å². The number of rotatable bonds is 14. The summed E-state index contributed by atoms with van der Waals surface area (Å²) in [6.07, 6.45) is 8.66. The number of amides is 3.